The van der Waals surface area contributed by atoms with Crippen molar-refractivity contribution < 1.29 is 14.3 Å². The van der Waals surface area contributed by atoms with Crippen molar-refractivity contribution in [2.75, 3.05) is 18.5 Å². The summed E-state index contributed by atoms with van der Waals surface area (Å²) in [6.07, 6.45) is 2.45. The van der Waals surface area contributed by atoms with Gasteiger partial charge in [0.05, 0.1) is 13.2 Å². The van der Waals surface area contributed by atoms with Crippen molar-refractivity contribution in [1.82, 2.24) is 4.98 Å². The van der Waals surface area contributed by atoms with Gasteiger partial charge in [-0.25, -0.2) is 4.98 Å². The van der Waals surface area contributed by atoms with Gasteiger partial charge in [0.2, 0.25) is 5.88 Å². The molecule has 23 heavy (non-hydrogen) atoms. The molecule has 5 nitrogen and oxygen atoms in total. The van der Waals surface area contributed by atoms with E-state index in [4.69, 9.17) is 9.47 Å². The quantitative estimate of drug-likeness (QED) is 0.942. The monoisotopic (exact) mass is 312 g/mol. The van der Waals surface area contributed by atoms with Gasteiger partial charge in [-0.2, -0.15) is 0 Å². The van der Waals surface area contributed by atoms with Crippen LogP contribution in [0.3, 0.4) is 0 Å². The third-order valence-corrected chi connectivity index (χ3v) is 3.80. The van der Waals surface area contributed by atoms with Crippen LogP contribution in [0.5, 0.6) is 5.88 Å². The lowest BCUT2D eigenvalue weighted by Crippen LogP contribution is -2.17. The zero-order valence-corrected chi connectivity index (χ0v) is 13.3. The average molecular weight is 312 g/mol. The van der Waals surface area contributed by atoms with Crippen molar-refractivity contribution in [3.63, 3.8) is 0 Å². The molecule has 0 saturated carbocycles. The second-order valence-electron chi connectivity index (χ2n) is 5.76. The SMILES string of the molecule is Cc1ccc(NC(=O)c2ccnc(OC3CCOC3)c2)c(C)c1. The Labute approximate surface area is 135 Å². The zero-order valence-electron chi connectivity index (χ0n) is 13.3. The van der Waals surface area contributed by atoms with Crippen LogP contribution in [-0.4, -0.2) is 30.2 Å². The van der Waals surface area contributed by atoms with Crippen LogP contribution in [0.4, 0.5) is 5.69 Å². The van der Waals surface area contributed by atoms with Gasteiger partial charge in [0.1, 0.15) is 6.10 Å². The number of pyridine rings is 1. The summed E-state index contributed by atoms with van der Waals surface area (Å²) in [6.45, 7) is 5.28. The molecule has 0 aliphatic carbocycles. The molecule has 1 unspecified atom stereocenters. The number of amides is 1. The molecule has 1 saturated heterocycles. The molecule has 1 N–H and O–H groups in total. The highest BCUT2D eigenvalue weighted by Gasteiger charge is 2.18. The van der Waals surface area contributed by atoms with Gasteiger partial charge in [0.25, 0.3) is 5.91 Å². The Bertz CT molecular complexity index is 709. The molecular weight excluding hydrogens is 292 g/mol. The van der Waals surface area contributed by atoms with Crippen LogP contribution in [0.1, 0.15) is 27.9 Å². The molecule has 1 atom stereocenters. The predicted molar refractivity (Wildman–Crippen MR) is 88.0 cm³/mol. The first kappa shape index (κ1) is 15.5. The van der Waals surface area contributed by atoms with Gasteiger partial charge in [0.15, 0.2) is 0 Å². The minimum atomic E-state index is -0.174. The number of ether oxygens (including phenoxy) is 2. The van der Waals surface area contributed by atoms with E-state index in [0.29, 0.717) is 24.7 Å². The molecule has 2 heterocycles. The van der Waals surface area contributed by atoms with Crippen molar-refractivity contribution >= 4 is 11.6 Å². The highest BCUT2D eigenvalue weighted by molar-refractivity contribution is 6.04. The van der Waals surface area contributed by atoms with Crippen molar-refractivity contribution in [2.45, 2.75) is 26.4 Å². The Morgan fingerprint density at radius 3 is 2.91 bits per heavy atom. The molecular formula is C18H20N2O3. The average Bonchev–Trinajstić information content (AvgIpc) is 3.03. The third-order valence-electron chi connectivity index (χ3n) is 3.80. The molecule has 1 aliphatic rings. The second-order valence-corrected chi connectivity index (χ2v) is 5.76. The van der Waals surface area contributed by atoms with E-state index in [1.807, 2.05) is 32.0 Å². The van der Waals surface area contributed by atoms with Gasteiger partial charge in [0, 0.05) is 29.9 Å². The lowest BCUT2D eigenvalue weighted by atomic mass is 10.1. The van der Waals surface area contributed by atoms with Gasteiger partial charge in [-0.15, -0.1) is 0 Å². The van der Waals surface area contributed by atoms with Crippen molar-refractivity contribution in [1.29, 1.82) is 0 Å². The van der Waals surface area contributed by atoms with E-state index in [-0.39, 0.29) is 12.0 Å². The summed E-state index contributed by atoms with van der Waals surface area (Å²) in [6, 6.07) is 9.27. The molecule has 3 rings (SSSR count). The van der Waals surface area contributed by atoms with Crippen LogP contribution in [0.25, 0.3) is 0 Å². The summed E-state index contributed by atoms with van der Waals surface area (Å²) in [7, 11) is 0. The topological polar surface area (TPSA) is 60.5 Å². The highest BCUT2D eigenvalue weighted by Crippen LogP contribution is 2.19. The number of aromatic nitrogens is 1. The molecule has 1 aromatic heterocycles. The highest BCUT2D eigenvalue weighted by atomic mass is 16.5. The first-order valence-electron chi connectivity index (χ1n) is 7.71. The minimum Gasteiger partial charge on any atom is -0.472 e. The molecule has 0 bridgehead atoms. The fourth-order valence-electron chi connectivity index (χ4n) is 2.54. The normalized spacial score (nSPS) is 17.0. The summed E-state index contributed by atoms with van der Waals surface area (Å²) in [5, 5.41) is 2.93. The van der Waals surface area contributed by atoms with E-state index in [0.717, 1.165) is 17.7 Å². The van der Waals surface area contributed by atoms with Gasteiger partial charge < -0.3 is 14.8 Å². The number of anilines is 1. The van der Waals surface area contributed by atoms with Crippen LogP contribution in [0, 0.1) is 13.8 Å². The van der Waals surface area contributed by atoms with Crippen LogP contribution < -0.4 is 10.1 Å². The van der Waals surface area contributed by atoms with E-state index in [9.17, 15) is 4.79 Å². The number of nitrogens with zero attached hydrogens (tertiary/aromatic N) is 1. The van der Waals surface area contributed by atoms with E-state index in [1.165, 1.54) is 5.56 Å². The first-order chi connectivity index (χ1) is 11.1. The smallest absolute Gasteiger partial charge is 0.255 e. The predicted octanol–water partition coefficient (Wildman–Crippen LogP) is 3.12. The van der Waals surface area contributed by atoms with Crippen molar-refractivity contribution in [2.24, 2.45) is 0 Å². The fourth-order valence-corrected chi connectivity index (χ4v) is 2.54. The number of nitrogens with one attached hydrogen (secondary N) is 1. The maximum Gasteiger partial charge on any atom is 0.255 e. The summed E-state index contributed by atoms with van der Waals surface area (Å²) in [4.78, 5) is 16.6. The largest absolute Gasteiger partial charge is 0.472 e. The van der Waals surface area contributed by atoms with E-state index >= 15 is 0 Å². The molecule has 0 radical (unpaired) electrons. The number of hydrogen-bond acceptors (Lipinski definition) is 4. The number of hydrogen-bond donors (Lipinski definition) is 1. The van der Waals surface area contributed by atoms with E-state index in [2.05, 4.69) is 10.3 Å². The van der Waals surface area contributed by atoms with Gasteiger partial charge in [-0.3, -0.25) is 4.79 Å². The van der Waals surface area contributed by atoms with Crippen LogP contribution >= 0.6 is 0 Å². The lowest BCUT2D eigenvalue weighted by molar-refractivity contribution is 0.102. The lowest BCUT2D eigenvalue weighted by Gasteiger charge is -2.12. The van der Waals surface area contributed by atoms with Gasteiger partial charge >= 0.3 is 0 Å². The summed E-state index contributed by atoms with van der Waals surface area (Å²) >= 11 is 0. The van der Waals surface area contributed by atoms with Gasteiger partial charge in [-0.1, -0.05) is 17.7 Å². The molecule has 1 fully saturated rings. The van der Waals surface area contributed by atoms with Crippen LogP contribution in [0.15, 0.2) is 36.5 Å². The Kier molecular flexibility index (Phi) is 4.57. The van der Waals surface area contributed by atoms with E-state index in [1.54, 1.807) is 18.3 Å². The van der Waals surface area contributed by atoms with Crippen LogP contribution in [0.2, 0.25) is 0 Å². The van der Waals surface area contributed by atoms with Crippen molar-refractivity contribution in [3.8, 4) is 5.88 Å². The number of carbonyl (C=O) groups excluding carboxylic acids is 1. The first-order valence-corrected chi connectivity index (χ1v) is 7.71. The molecule has 1 aliphatic heterocycles. The minimum absolute atomic E-state index is 0.0140. The Morgan fingerprint density at radius 2 is 2.17 bits per heavy atom. The Balaban J connectivity index is 1.71. The Morgan fingerprint density at radius 1 is 1.30 bits per heavy atom. The third kappa shape index (κ3) is 3.87. The second kappa shape index (κ2) is 6.79. The standard InChI is InChI=1S/C18H20N2O3/c1-12-3-4-16(13(2)9-12)20-18(21)14-5-7-19-17(10-14)23-15-6-8-22-11-15/h3-5,7,9-10,15H,6,8,11H2,1-2H3,(H,20,21). The Hall–Kier alpha value is -2.40. The number of benzene rings is 1. The summed E-state index contributed by atoms with van der Waals surface area (Å²) < 4.78 is 11.0. The summed E-state index contributed by atoms with van der Waals surface area (Å²) in [5.41, 5.74) is 3.53. The number of rotatable bonds is 4. The van der Waals surface area contributed by atoms with Crippen molar-refractivity contribution in [3.05, 3.63) is 53.2 Å². The summed E-state index contributed by atoms with van der Waals surface area (Å²) in [5.74, 6) is 0.278. The maximum atomic E-state index is 12.4. The van der Waals surface area contributed by atoms with Gasteiger partial charge in [-0.05, 0) is 31.5 Å². The molecule has 2 aromatic rings. The molecule has 5 heteroatoms. The molecule has 1 amide bonds. The molecule has 0 spiro atoms. The fraction of sp³-hybridized carbons (Fsp3) is 0.333. The number of carbonyl (C=O) groups is 1. The van der Waals surface area contributed by atoms with E-state index < -0.39 is 0 Å². The maximum absolute atomic E-state index is 12.4. The molecule has 120 valence electrons. The zero-order chi connectivity index (χ0) is 16.2. The molecule has 1 aromatic carbocycles. The number of aryl methyl sites for hydroxylation is 2. The van der Waals surface area contributed by atoms with Crippen LogP contribution in [-0.2, 0) is 4.74 Å².